The van der Waals surface area contributed by atoms with Crippen molar-refractivity contribution in [2.45, 2.75) is 24.3 Å². The van der Waals surface area contributed by atoms with Crippen LogP contribution in [0.15, 0.2) is 60.7 Å². The van der Waals surface area contributed by atoms with Crippen LogP contribution in [-0.4, -0.2) is 36.4 Å². The molecular weight excluding hydrogens is 371 g/mol. The number of nitrogens with one attached hydrogen (secondary N) is 2. The lowest BCUT2D eigenvalue weighted by molar-refractivity contribution is -0.161. The molecular formula is C20H18F3N3O2. The minimum atomic E-state index is -4.53. The summed E-state index contributed by atoms with van der Waals surface area (Å²) in [7, 11) is 1.49. The lowest BCUT2D eigenvalue weighted by Crippen LogP contribution is -2.53. The van der Waals surface area contributed by atoms with Gasteiger partial charge < -0.3 is 10.1 Å². The number of nitrogens with zero attached hydrogens (tertiary/aromatic N) is 1. The normalized spacial score (nSPS) is 24.4. The number of hydrogen-bond donors (Lipinski definition) is 2. The average molecular weight is 389 g/mol. The highest BCUT2D eigenvalue weighted by atomic mass is 19.4. The van der Waals surface area contributed by atoms with E-state index in [0.717, 1.165) is 10.6 Å². The van der Waals surface area contributed by atoms with Gasteiger partial charge in [-0.25, -0.2) is 5.43 Å². The van der Waals surface area contributed by atoms with Gasteiger partial charge in [0.1, 0.15) is 18.0 Å². The third-order valence-electron chi connectivity index (χ3n) is 5.00. The topological polar surface area (TPSA) is 53.6 Å². The molecule has 2 aromatic carbocycles. The van der Waals surface area contributed by atoms with Gasteiger partial charge in [-0.2, -0.15) is 13.2 Å². The maximum absolute atomic E-state index is 13.8. The van der Waals surface area contributed by atoms with Crippen molar-refractivity contribution in [3.63, 3.8) is 0 Å². The summed E-state index contributed by atoms with van der Waals surface area (Å²) in [6, 6.07) is 13.6. The Hall–Kier alpha value is -3.00. The number of hydrogen-bond acceptors (Lipinski definition) is 4. The summed E-state index contributed by atoms with van der Waals surface area (Å²) in [6.07, 6.45) is -4.10. The van der Waals surface area contributed by atoms with Crippen LogP contribution in [0, 0.1) is 0 Å². The number of alkyl halides is 3. The van der Waals surface area contributed by atoms with Gasteiger partial charge in [-0.1, -0.05) is 42.5 Å². The molecule has 3 unspecified atom stereocenters. The van der Waals surface area contributed by atoms with Gasteiger partial charge in [0.05, 0.1) is 13.0 Å². The Morgan fingerprint density at radius 3 is 2.32 bits per heavy atom. The van der Waals surface area contributed by atoms with Crippen molar-refractivity contribution in [3.8, 4) is 5.75 Å². The van der Waals surface area contributed by atoms with Crippen molar-refractivity contribution < 1.29 is 22.7 Å². The molecule has 0 aromatic heterocycles. The zero-order valence-corrected chi connectivity index (χ0v) is 14.9. The van der Waals surface area contributed by atoms with Crippen LogP contribution in [0.2, 0.25) is 0 Å². The molecule has 8 heteroatoms. The van der Waals surface area contributed by atoms with Gasteiger partial charge in [0.2, 0.25) is 0 Å². The largest absolute Gasteiger partial charge is 0.497 e. The van der Waals surface area contributed by atoms with E-state index in [1.54, 1.807) is 48.5 Å². The second-order valence-electron chi connectivity index (χ2n) is 6.67. The lowest BCUT2D eigenvalue weighted by Gasteiger charge is -2.33. The first kappa shape index (κ1) is 18.4. The van der Waals surface area contributed by atoms with Crippen molar-refractivity contribution in [1.82, 2.24) is 15.8 Å². The molecule has 4 rings (SSSR count). The van der Waals surface area contributed by atoms with Gasteiger partial charge in [-0.3, -0.25) is 9.80 Å². The molecule has 28 heavy (non-hydrogen) atoms. The Balaban J connectivity index is 1.73. The van der Waals surface area contributed by atoms with Crippen molar-refractivity contribution in [2.75, 3.05) is 7.11 Å². The monoisotopic (exact) mass is 389 g/mol. The number of halogens is 3. The molecule has 2 aliphatic rings. The number of carbonyl (C=O) groups is 1. The Bertz CT molecular complexity index is 897. The predicted molar refractivity (Wildman–Crippen MR) is 96.9 cm³/mol. The summed E-state index contributed by atoms with van der Waals surface area (Å²) in [4.78, 5) is 12.6. The van der Waals surface area contributed by atoms with E-state index in [1.165, 1.54) is 13.2 Å². The number of amides is 1. The Kier molecular flexibility index (Phi) is 4.50. The highest BCUT2D eigenvalue weighted by Gasteiger charge is 2.57. The van der Waals surface area contributed by atoms with Gasteiger partial charge >= 0.3 is 6.18 Å². The maximum atomic E-state index is 13.8. The Labute approximate surface area is 159 Å². The smallest absolute Gasteiger partial charge is 0.406 e. The first-order chi connectivity index (χ1) is 13.4. The second kappa shape index (κ2) is 6.87. The lowest BCUT2D eigenvalue weighted by atomic mass is 9.89. The maximum Gasteiger partial charge on any atom is 0.406 e. The number of benzene rings is 2. The average Bonchev–Trinajstić information content (AvgIpc) is 3.09. The number of methoxy groups -OCH3 is 1. The van der Waals surface area contributed by atoms with Gasteiger partial charge in [-0.15, -0.1) is 0 Å². The molecule has 2 aliphatic heterocycles. The van der Waals surface area contributed by atoms with E-state index >= 15 is 0 Å². The molecule has 2 heterocycles. The number of hydrazine groups is 1. The van der Waals surface area contributed by atoms with Gasteiger partial charge in [0.25, 0.3) is 5.91 Å². The molecule has 146 valence electrons. The minimum Gasteiger partial charge on any atom is -0.497 e. The zero-order valence-electron chi connectivity index (χ0n) is 14.9. The Morgan fingerprint density at radius 1 is 1.04 bits per heavy atom. The second-order valence-corrected chi connectivity index (χ2v) is 6.67. The van der Waals surface area contributed by atoms with Crippen LogP contribution >= 0.6 is 0 Å². The first-order valence-electron chi connectivity index (χ1n) is 8.72. The van der Waals surface area contributed by atoms with Crippen LogP contribution in [-0.2, 0) is 4.79 Å². The molecule has 0 bridgehead atoms. The number of rotatable bonds is 3. The molecule has 1 fully saturated rings. The summed E-state index contributed by atoms with van der Waals surface area (Å²) in [5.74, 6) is -0.997. The van der Waals surface area contributed by atoms with Crippen molar-refractivity contribution in [1.29, 1.82) is 0 Å². The first-order valence-corrected chi connectivity index (χ1v) is 8.72. The fourth-order valence-electron chi connectivity index (χ4n) is 3.66. The fraction of sp³-hybridized carbons (Fsp3) is 0.250. The zero-order chi connectivity index (χ0) is 19.9. The molecule has 2 N–H and O–H groups in total. The minimum absolute atomic E-state index is 0.456. The van der Waals surface area contributed by atoms with Crippen LogP contribution in [0.5, 0.6) is 5.75 Å². The number of fused-ring (bicyclic) bond motifs is 1. The highest BCUT2D eigenvalue weighted by molar-refractivity contribution is 5.96. The summed E-state index contributed by atoms with van der Waals surface area (Å²) in [5.41, 5.74) is 4.04. The van der Waals surface area contributed by atoms with E-state index in [1.807, 2.05) is 6.07 Å². The fourth-order valence-corrected chi connectivity index (χ4v) is 3.66. The van der Waals surface area contributed by atoms with E-state index in [0.29, 0.717) is 17.0 Å². The van der Waals surface area contributed by atoms with Crippen LogP contribution < -0.4 is 15.5 Å². The third kappa shape index (κ3) is 3.20. The predicted octanol–water partition coefficient (Wildman–Crippen LogP) is 3.03. The summed E-state index contributed by atoms with van der Waals surface area (Å²) < 4.78 is 46.4. The Morgan fingerprint density at radius 2 is 1.71 bits per heavy atom. The summed E-state index contributed by atoms with van der Waals surface area (Å²) >= 11 is 0. The molecule has 1 saturated heterocycles. The van der Waals surface area contributed by atoms with Crippen LogP contribution in [0.3, 0.4) is 0 Å². The number of ether oxygens (including phenoxy) is 1. The molecule has 1 amide bonds. The standard InChI is InChI=1S/C20H18F3N3O2/c1-28-14-9-7-13(8-10-14)17-18(20(21,22)23)25-26-16(27)11-15(24-19(17)26)12-5-3-2-4-6-12/h2-11,17-19,24-25H,1H3. The molecule has 0 saturated carbocycles. The molecule has 2 aromatic rings. The SMILES string of the molecule is COc1ccc(C2C3NC(c4ccccc4)=CC(=O)N3NC2C(F)(F)F)cc1. The van der Waals surface area contributed by atoms with Gasteiger partial charge in [0.15, 0.2) is 0 Å². The van der Waals surface area contributed by atoms with Gasteiger partial charge in [0, 0.05) is 11.8 Å². The molecule has 0 aliphatic carbocycles. The van der Waals surface area contributed by atoms with Crippen molar-refractivity contribution in [3.05, 3.63) is 71.8 Å². The van der Waals surface area contributed by atoms with E-state index in [9.17, 15) is 18.0 Å². The van der Waals surface area contributed by atoms with E-state index in [2.05, 4.69) is 10.7 Å². The van der Waals surface area contributed by atoms with Crippen molar-refractivity contribution >= 4 is 11.6 Å². The van der Waals surface area contributed by atoms with Crippen LogP contribution in [0.1, 0.15) is 17.0 Å². The summed E-state index contributed by atoms with van der Waals surface area (Å²) in [5, 5.41) is 4.14. The molecule has 0 spiro atoms. The van der Waals surface area contributed by atoms with E-state index in [4.69, 9.17) is 4.74 Å². The molecule has 0 radical (unpaired) electrons. The highest BCUT2D eigenvalue weighted by Crippen LogP contribution is 2.41. The van der Waals surface area contributed by atoms with Gasteiger partial charge in [-0.05, 0) is 23.3 Å². The quantitative estimate of drug-likeness (QED) is 0.848. The summed E-state index contributed by atoms with van der Waals surface area (Å²) in [6.45, 7) is 0. The van der Waals surface area contributed by atoms with E-state index < -0.39 is 30.2 Å². The van der Waals surface area contributed by atoms with Crippen LogP contribution in [0.4, 0.5) is 13.2 Å². The molecule has 3 atom stereocenters. The number of carbonyl (C=O) groups excluding carboxylic acids is 1. The molecule has 5 nitrogen and oxygen atoms in total. The third-order valence-corrected chi connectivity index (χ3v) is 5.00. The van der Waals surface area contributed by atoms with Crippen LogP contribution in [0.25, 0.3) is 5.70 Å². The van der Waals surface area contributed by atoms with E-state index in [-0.39, 0.29) is 0 Å². The van der Waals surface area contributed by atoms with Crippen molar-refractivity contribution in [2.24, 2.45) is 0 Å².